The Hall–Kier alpha value is -2.37. The predicted molar refractivity (Wildman–Crippen MR) is 60.5 cm³/mol. The van der Waals surface area contributed by atoms with Gasteiger partial charge in [0.1, 0.15) is 11.4 Å². The van der Waals surface area contributed by atoms with Crippen molar-refractivity contribution in [2.75, 3.05) is 11.9 Å². The van der Waals surface area contributed by atoms with Crippen LogP contribution in [0, 0.1) is 0 Å². The lowest BCUT2D eigenvalue weighted by molar-refractivity contribution is 0.410. The fourth-order valence-corrected chi connectivity index (χ4v) is 1.63. The zero-order valence-electron chi connectivity index (χ0n) is 8.96. The van der Waals surface area contributed by atoms with Crippen LogP contribution in [0.25, 0.3) is 11.0 Å². The van der Waals surface area contributed by atoms with Crippen molar-refractivity contribution in [3.63, 3.8) is 0 Å². The Kier molecular flexibility index (Phi) is 2.45. The van der Waals surface area contributed by atoms with E-state index in [1.807, 2.05) is 12.1 Å². The van der Waals surface area contributed by atoms with E-state index < -0.39 is 0 Å². The van der Waals surface area contributed by atoms with E-state index in [1.54, 1.807) is 12.5 Å². The largest absolute Gasteiger partial charge is 0.464 e. The highest BCUT2D eigenvalue weighted by Gasteiger charge is 2.04. The van der Waals surface area contributed by atoms with E-state index in [4.69, 9.17) is 4.42 Å². The first kappa shape index (κ1) is 9.83. The summed E-state index contributed by atoms with van der Waals surface area (Å²) >= 11 is 0. The van der Waals surface area contributed by atoms with E-state index in [0.717, 1.165) is 16.8 Å². The van der Waals surface area contributed by atoms with Crippen molar-refractivity contribution >= 4 is 16.8 Å². The molecular formula is C11H10N4O2. The fraction of sp³-hybridized carbons (Fsp3) is 0.182. The lowest BCUT2D eigenvalue weighted by Crippen LogP contribution is -2.07. The Morgan fingerprint density at radius 1 is 1.24 bits per heavy atom. The van der Waals surface area contributed by atoms with E-state index in [2.05, 4.69) is 25.0 Å². The van der Waals surface area contributed by atoms with Crippen LogP contribution in [0.5, 0.6) is 0 Å². The molecule has 17 heavy (non-hydrogen) atoms. The Morgan fingerprint density at radius 3 is 3.12 bits per heavy atom. The summed E-state index contributed by atoms with van der Waals surface area (Å²) in [5, 5.41) is 7.93. The van der Waals surface area contributed by atoms with Gasteiger partial charge in [0.05, 0.1) is 11.6 Å². The molecule has 3 aromatic rings. The molecule has 0 radical (unpaired) electrons. The van der Waals surface area contributed by atoms with Gasteiger partial charge in [-0.05, 0) is 12.1 Å². The third-order valence-corrected chi connectivity index (χ3v) is 2.43. The van der Waals surface area contributed by atoms with Crippen LogP contribution in [0.3, 0.4) is 0 Å². The number of fused-ring (bicyclic) bond motifs is 1. The number of hydrogen-bond acceptors (Lipinski definition) is 6. The molecule has 0 spiro atoms. The second kappa shape index (κ2) is 4.25. The molecule has 0 aliphatic rings. The highest BCUT2D eigenvalue weighted by Crippen LogP contribution is 2.21. The predicted octanol–water partition coefficient (Wildman–Crippen LogP) is 1.87. The van der Waals surface area contributed by atoms with Gasteiger partial charge in [-0.3, -0.25) is 0 Å². The minimum absolute atomic E-state index is 0.678. The lowest BCUT2D eigenvalue weighted by Gasteiger charge is -2.03. The highest BCUT2D eigenvalue weighted by atomic mass is 16.5. The fourth-order valence-electron chi connectivity index (χ4n) is 1.63. The molecule has 0 saturated heterocycles. The normalized spacial score (nSPS) is 10.8. The first-order valence-electron chi connectivity index (χ1n) is 5.25. The van der Waals surface area contributed by atoms with E-state index in [9.17, 15) is 0 Å². The first-order chi connectivity index (χ1) is 8.43. The maximum Gasteiger partial charge on any atom is 0.213 e. The summed E-state index contributed by atoms with van der Waals surface area (Å²) in [6, 6.07) is 3.72. The monoisotopic (exact) mass is 230 g/mol. The summed E-state index contributed by atoms with van der Waals surface area (Å²) in [7, 11) is 0. The van der Waals surface area contributed by atoms with Gasteiger partial charge < -0.3 is 14.3 Å². The van der Waals surface area contributed by atoms with Crippen molar-refractivity contribution in [3.05, 3.63) is 36.8 Å². The zero-order valence-corrected chi connectivity index (χ0v) is 8.96. The standard InChI is InChI=1S/C11H10N4O2/c1-4-12-11(8-3-6-16-9(1)8)13-5-2-10-14-7-17-15-10/h1,3-4,6-7H,2,5H2,(H,12,13). The number of rotatable bonds is 4. The summed E-state index contributed by atoms with van der Waals surface area (Å²) < 4.78 is 9.95. The SMILES string of the molecule is c1cc2occc2c(NCCc2ncon2)n1. The molecule has 6 nitrogen and oxygen atoms in total. The molecule has 0 amide bonds. The summed E-state index contributed by atoms with van der Waals surface area (Å²) in [5.74, 6) is 1.48. The van der Waals surface area contributed by atoms with Gasteiger partial charge in [-0.1, -0.05) is 5.16 Å². The molecule has 6 heteroatoms. The van der Waals surface area contributed by atoms with Crippen LogP contribution < -0.4 is 5.32 Å². The molecule has 3 aromatic heterocycles. The molecule has 0 saturated carbocycles. The van der Waals surface area contributed by atoms with Crippen LogP contribution >= 0.6 is 0 Å². The van der Waals surface area contributed by atoms with Crippen molar-refractivity contribution in [1.82, 2.24) is 15.1 Å². The third kappa shape index (κ3) is 1.96. The number of anilines is 1. The van der Waals surface area contributed by atoms with Crippen molar-refractivity contribution in [3.8, 4) is 0 Å². The summed E-state index contributed by atoms with van der Waals surface area (Å²) in [5.41, 5.74) is 0.821. The van der Waals surface area contributed by atoms with Crippen molar-refractivity contribution in [2.24, 2.45) is 0 Å². The van der Waals surface area contributed by atoms with Crippen LogP contribution in [0.4, 0.5) is 5.82 Å². The second-order valence-corrected chi connectivity index (χ2v) is 3.52. The van der Waals surface area contributed by atoms with Gasteiger partial charge in [-0.2, -0.15) is 4.98 Å². The Balaban J connectivity index is 1.70. The maximum atomic E-state index is 5.29. The summed E-state index contributed by atoms with van der Waals surface area (Å²) in [6.07, 6.45) is 5.37. The second-order valence-electron chi connectivity index (χ2n) is 3.52. The summed E-state index contributed by atoms with van der Waals surface area (Å²) in [6.45, 7) is 0.691. The molecular weight excluding hydrogens is 220 g/mol. The van der Waals surface area contributed by atoms with Crippen LogP contribution in [0.15, 0.2) is 39.9 Å². The quantitative estimate of drug-likeness (QED) is 0.737. The molecule has 86 valence electrons. The number of nitrogens with one attached hydrogen (secondary N) is 1. The molecule has 1 N–H and O–H groups in total. The van der Waals surface area contributed by atoms with Crippen molar-refractivity contribution in [2.45, 2.75) is 6.42 Å². The minimum Gasteiger partial charge on any atom is -0.464 e. The Morgan fingerprint density at radius 2 is 2.24 bits per heavy atom. The summed E-state index contributed by atoms with van der Waals surface area (Å²) in [4.78, 5) is 8.21. The molecule has 0 fully saturated rings. The van der Waals surface area contributed by atoms with Crippen LogP contribution in [0.1, 0.15) is 5.82 Å². The van der Waals surface area contributed by atoms with Gasteiger partial charge in [-0.15, -0.1) is 0 Å². The molecule has 0 atom stereocenters. The average molecular weight is 230 g/mol. The van der Waals surface area contributed by atoms with Crippen LogP contribution in [-0.4, -0.2) is 21.7 Å². The van der Waals surface area contributed by atoms with Gasteiger partial charge in [0.25, 0.3) is 0 Å². The molecule has 3 heterocycles. The molecule has 0 aliphatic heterocycles. The molecule has 0 aliphatic carbocycles. The van der Waals surface area contributed by atoms with Gasteiger partial charge in [0, 0.05) is 19.2 Å². The number of hydrogen-bond donors (Lipinski definition) is 1. The van der Waals surface area contributed by atoms with E-state index in [1.165, 1.54) is 6.39 Å². The van der Waals surface area contributed by atoms with E-state index in [-0.39, 0.29) is 0 Å². The lowest BCUT2D eigenvalue weighted by atomic mass is 10.3. The van der Waals surface area contributed by atoms with Gasteiger partial charge in [0.15, 0.2) is 5.82 Å². The molecule has 0 bridgehead atoms. The van der Waals surface area contributed by atoms with Crippen molar-refractivity contribution < 1.29 is 8.94 Å². The number of furan rings is 1. The van der Waals surface area contributed by atoms with Crippen molar-refractivity contribution in [1.29, 1.82) is 0 Å². The number of nitrogens with zero attached hydrogens (tertiary/aromatic N) is 3. The number of pyridine rings is 1. The molecule has 0 unspecified atom stereocenters. The first-order valence-corrected chi connectivity index (χ1v) is 5.25. The maximum absolute atomic E-state index is 5.29. The highest BCUT2D eigenvalue weighted by molar-refractivity contribution is 5.87. The van der Waals surface area contributed by atoms with E-state index >= 15 is 0 Å². The van der Waals surface area contributed by atoms with Crippen LogP contribution in [0.2, 0.25) is 0 Å². The smallest absolute Gasteiger partial charge is 0.213 e. The third-order valence-electron chi connectivity index (χ3n) is 2.43. The zero-order chi connectivity index (χ0) is 11.5. The minimum atomic E-state index is 0.678. The Labute approximate surface area is 96.6 Å². The van der Waals surface area contributed by atoms with Gasteiger partial charge in [0.2, 0.25) is 6.39 Å². The number of aromatic nitrogens is 3. The van der Waals surface area contributed by atoms with Gasteiger partial charge >= 0.3 is 0 Å². The molecule has 3 rings (SSSR count). The topological polar surface area (TPSA) is 77.0 Å². The average Bonchev–Trinajstić information content (AvgIpc) is 2.99. The molecule has 0 aromatic carbocycles. The Bertz CT molecular complexity index is 603. The van der Waals surface area contributed by atoms with E-state index in [0.29, 0.717) is 18.8 Å². The van der Waals surface area contributed by atoms with Crippen LogP contribution in [-0.2, 0) is 6.42 Å². The van der Waals surface area contributed by atoms with Gasteiger partial charge in [-0.25, -0.2) is 4.98 Å².